The van der Waals surface area contributed by atoms with Crippen LogP contribution in [0.1, 0.15) is 34.6 Å². The summed E-state index contributed by atoms with van der Waals surface area (Å²) in [6.07, 6.45) is 3.97. The summed E-state index contributed by atoms with van der Waals surface area (Å²) in [5, 5.41) is 3.42. The molecular weight excluding hydrogens is 158 g/mol. The van der Waals surface area contributed by atoms with Crippen LogP contribution in [0.15, 0.2) is 24.3 Å². The molecule has 1 N–H and O–H groups in total. The van der Waals surface area contributed by atoms with Crippen molar-refractivity contribution in [2.75, 3.05) is 6.54 Å². The first-order valence-corrected chi connectivity index (χ1v) is 4.93. The molecule has 0 spiro atoms. The van der Waals surface area contributed by atoms with Gasteiger partial charge in [0.25, 0.3) is 0 Å². The maximum absolute atomic E-state index is 3.74. The summed E-state index contributed by atoms with van der Waals surface area (Å²) in [4.78, 5) is 0. The van der Waals surface area contributed by atoms with Gasteiger partial charge in [-0.1, -0.05) is 58.9 Å². The Balaban J connectivity index is 4.29. The normalized spacial score (nSPS) is 13.5. The minimum absolute atomic E-state index is 0.232. The monoisotopic (exact) mass is 181 g/mol. The van der Waals surface area contributed by atoms with Gasteiger partial charge in [-0.3, -0.25) is 0 Å². The molecule has 0 saturated heterocycles. The fraction of sp³-hybridized carbons (Fsp3) is 0.667. The van der Waals surface area contributed by atoms with Crippen molar-refractivity contribution in [2.24, 2.45) is 5.41 Å². The Morgan fingerprint density at radius 3 is 2.23 bits per heavy atom. The molecule has 0 rings (SSSR count). The Labute approximate surface area is 82.9 Å². The summed E-state index contributed by atoms with van der Waals surface area (Å²) in [6, 6.07) is 0.538. The van der Waals surface area contributed by atoms with Gasteiger partial charge in [0, 0.05) is 12.6 Å². The Morgan fingerprint density at radius 1 is 1.38 bits per heavy atom. The average Bonchev–Trinajstić information content (AvgIpc) is 1.95. The van der Waals surface area contributed by atoms with Crippen LogP contribution in [-0.2, 0) is 0 Å². The Kier molecular flexibility index (Phi) is 5.01. The molecule has 0 heterocycles. The molecule has 0 fully saturated rings. The molecule has 0 radical (unpaired) electrons. The molecule has 0 unspecified atom stereocenters. The zero-order valence-electron chi connectivity index (χ0n) is 9.65. The van der Waals surface area contributed by atoms with Gasteiger partial charge >= 0.3 is 0 Å². The van der Waals surface area contributed by atoms with Crippen LogP contribution in [0.2, 0.25) is 0 Å². The number of hydrogen-bond donors (Lipinski definition) is 1. The number of rotatable bonds is 4. The molecule has 0 aliphatic carbocycles. The first kappa shape index (κ1) is 12.4. The lowest BCUT2D eigenvalue weighted by Gasteiger charge is -2.24. The van der Waals surface area contributed by atoms with Gasteiger partial charge in [-0.2, -0.15) is 0 Å². The third-order valence-corrected chi connectivity index (χ3v) is 1.98. The van der Waals surface area contributed by atoms with E-state index in [1.54, 1.807) is 0 Å². The lowest BCUT2D eigenvalue weighted by molar-refractivity contribution is 0.469. The van der Waals surface area contributed by atoms with Crippen molar-refractivity contribution in [3.05, 3.63) is 24.3 Å². The second kappa shape index (κ2) is 5.23. The Hall–Kier alpha value is -0.560. The van der Waals surface area contributed by atoms with Crippen LogP contribution in [0.4, 0.5) is 0 Å². The molecule has 0 aromatic rings. The summed E-state index contributed by atoms with van der Waals surface area (Å²) >= 11 is 0. The first-order valence-electron chi connectivity index (χ1n) is 4.93. The van der Waals surface area contributed by atoms with Crippen molar-refractivity contribution in [1.29, 1.82) is 0 Å². The zero-order valence-corrected chi connectivity index (χ0v) is 9.65. The summed E-state index contributed by atoms with van der Waals surface area (Å²) < 4.78 is 0. The van der Waals surface area contributed by atoms with Crippen molar-refractivity contribution in [1.82, 2.24) is 5.32 Å². The number of allylic oxidation sites excluding steroid dienone is 2. The maximum atomic E-state index is 3.74. The van der Waals surface area contributed by atoms with E-state index in [4.69, 9.17) is 0 Å². The predicted octanol–water partition coefficient (Wildman–Crippen LogP) is 3.14. The molecule has 0 aromatic carbocycles. The minimum Gasteiger partial charge on any atom is -0.311 e. The second-order valence-electron chi connectivity index (χ2n) is 4.71. The molecule has 0 amide bonds. The third-order valence-electron chi connectivity index (χ3n) is 1.98. The lowest BCUT2D eigenvalue weighted by atomic mass is 9.86. The van der Waals surface area contributed by atoms with Crippen molar-refractivity contribution in [3.8, 4) is 0 Å². The van der Waals surface area contributed by atoms with Gasteiger partial charge in [0.05, 0.1) is 0 Å². The fourth-order valence-electron chi connectivity index (χ4n) is 1.03. The molecule has 0 aliphatic rings. The lowest BCUT2D eigenvalue weighted by Crippen LogP contribution is -2.29. The molecule has 76 valence electrons. The minimum atomic E-state index is 0.232. The van der Waals surface area contributed by atoms with Gasteiger partial charge in [0.15, 0.2) is 0 Å². The van der Waals surface area contributed by atoms with E-state index in [9.17, 15) is 0 Å². The van der Waals surface area contributed by atoms with Gasteiger partial charge in [-0.15, -0.1) is 0 Å². The second-order valence-corrected chi connectivity index (χ2v) is 4.71. The standard InChI is InChI=1S/C12H23N/c1-7-8-11(12(4,5)6)9-13-10(2)3/h7-8,10,13H,1,9H2,2-6H3/b11-8-. The fourth-order valence-corrected chi connectivity index (χ4v) is 1.03. The molecule has 0 aromatic heterocycles. The first-order chi connectivity index (χ1) is 5.88. The van der Waals surface area contributed by atoms with E-state index in [1.807, 2.05) is 6.08 Å². The summed E-state index contributed by atoms with van der Waals surface area (Å²) in [5.41, 5.74) is 1.63. The zero-order chi connectivity index (χ0) is 10.5. The van der Waals surface area contributed by atoms with Crippen molar-refractivity contribution >= 4 is 0 Å². The van der Waals surface area contributed by atoms with Gasteiger partial charge in [0.1, 0.15) is 0 Å². The molecule has 13 heavy (non-hydrogen) atoms. The third kappa shape index (κ3) is 5.64. The molecule has 0 bridgehead atoms. The highest BCUT2D eigenvalue weighted by Gasteiger charge is 2.15. The van der Waals surface area contributed by atoms with Crippen LogP contribution in [0.3, 0.4) is 0 Å². The largest absolute Gasteiger partial charge is 0.311 e. The molecular formula is C12H23N. The molecule has 0 aliphatic heterocycles. The van der Waals surface area contributed by atoms with Gasteiger partial charge in [0.2, 0.25) is 0 Å². The van der Waals surface area contributed by atoms with E-state index >= 15 is 0 Å². The summed E-state index contributed by atoms with van der Waals surface area (Å²) in [7, 11) is 0. The van der Waals surface area contributed by atoms with E-state index in [2.05, 4.69) is 52.6 Å². The SMILES string of the molecule is C=C/C=C(/CNC(C)C)C(C)(C)C. The van der Waals surface area contributed by atoms with Crippen LogP contribution in [0.5, 0.6) is 0 Å². The van der Waals surface area contributed by atoms with Crippen LogP contribution in [0, 0.1) is 5.41 Å². The van der Waals surface area contributed by atoms with Crippen LogP contribution in [-0.4, -0.2) is 12.6 Å². The maximum Gasteiger partial charge on any atom is 0.0175 e. The highest BCUT2D eigenvalue weighted by molar-refractivity contribution is 5.18. The quantitative estimate of drug-likeness (QED) is 0.657. The van der Waals surface area contributed by atoms with Crippen molar-refractivity contribution in [2.45, 2.75) is 40.7 Å². The summed E-state index contributed by atoms with van der Waals surface area (Å²) in [5.74, 6) is 0. The van der Waals surface area contributed by atoms with E-state index in [1.165, 1.54) is 5.57 Å². The van der Waals surface area contributed by atoms with E-state index in [-0.39, 0.29) is 5.41 Å². The smallest absolute Gasteiger partial charge is 0.0175 e. The average molecular weight is 181 g/mol. The predicted molar refractivity (Wildman–Crippen MR) is 60.9 cm³/mol. The highest BCUT2D eigenvalue weighted by Crippen LogP contribution is 2.24. The van der Waals surface area contributed by atoms with E-state index < -0.39 is 0 Å². The van der Waals surface area contributed by atoms with Gasteiger partial charge in [-0.25, -0.2) is 0 Å². The van der Waals surface area contributed by atoms with E-state index in [0.29, 0.717) is 6.04 Å². The summed E-state index contributed by atoms with van der Waals surface area (Å²) in [6.45, 7) is 15.7. The van der Waals surface area contributed by atoms with Gasteiger partial charge < -0.3 is 5.32 Å². The van der Waals surface area contributed by atoms with Crippen molar-refractivity contribution < 1.29 is 0 Å². The van der Waals surface area contributed by atoms with Gasteiger partial charge in [-0.05, 0) is 5.41 Å². The van der Waals surface area contributed by atoms with E-state index in [0.717, 1.165) is 6.54 Å². The van der Waals surface area contributed by atoms with Crippen molar-refractivity contribution in [3.63, 3.8) is 0 Å². The molecule has 1 heteroatoms. The molecule has 1 nitrogen and oxygen atoms in total. The number of hydrogen-bond acceptors (Lipinski definition) is 1. The van der Waals surface area contributed by atoms with Crippen LogP contribution < -0.4 is 5.32 Å². The molecule has 0 atom stereocenters. The topological polar surface area (TPSA) is 12.0 Å². The Morgan fingerprint density at radius 2 is 1.92 bits per heavy atom. The highest BCUT2D eigenvalue weighted by atomic mass is 14.9. The Bertz CT molecular complexity index is 182. The van der Waals surface area contributed by atoms with Crippen LogP contribution in [0.25, 0.3) is 0 Å². The molecule has 0 saturated carbocycles. The number of nitrogens with one attached hydrogen (secondary N) is 1. The van der Waals surface area contributed by atoms with Crippen LogP contribution >= 0.6 is 0 Å².